The molecule has 3 aromatic rings. The lowest BCUT2D eigenvalue weighted by atomic mass is 10.3. The van der Waals surface area contributed by atoms with E-state index in [9.17, 15) is 4.39 Å². The summed E-state index contributed by atoms with van der Waals surface area (Å²) in [6, 6.07) is 15.4. The Bertz CT molecular complexity index is 887. The van der Waals surface area contributed by atoms with Crippen molar-refractivity contribution in [3.8, 4) is 11.5 Å². The minimum Gasteiger partial charge on any atom is -0.497 e. The Morgan fingerprint density at radius 2 is 1.78 bits per heavy atom. The first kappa shape index (κ1) is 18.4. The summed E-state index contributed by atoms with van der Waals surface area (Å²) in [5.41, 5.74) is 1.39. The Kier molecular flexibility index (Phi) is 6.04. The molecule has 2 aromatic carbocycles. The Balaban J connectivity index is 1.54. The fourth-order valence-electron chi connectivity index (χ4n) is 2.43. The van der Waals surface area contributed by atoms with Crippen LogP contribution in [0.5, 0.6) is 11.5 Å². The third-order valence-corrected chi connectivity index (χ3v) is 3.67. The second-order valence-corrected chi connectivity index (χ2v) is 5.80. The van der Waals surface area contributed by atoms with Gasteiger partial charge in [0, 0.05) is 17.4 Å². The third kappa shape index (κ3) is 5.57. The molecule has 0 aliphatic heterocycles. The third-order valence-electron chi connectivity index (χ3n) is 3.67. The van der Waals surface area contributed by atoms with E-state index in [2.05, 4.69) is 20.6 Å². The monoisotopic (exact) mass is 368 g/mol. The first-order valence-electron chi connectivity index (χ1n) is 8.51. The van der Waals surface area contributed by atoms with Gasteiger partial charge in [-0.05, 0) is 49.4 Å². The lowest BCUT2D eigenvalue weighted by molar-refractivity contribution is 0.331. The highest BCUT2D eigenvalue weighted by molar-refractivity contribution is 5.55. The predicted molar refractivity (Wildman–Crippen MR) is 103 cm³/mol. The molecule has 0 bridgehead atoms. The Morgan fingerprint density at radius 3 is 2.52 bits per heavy atom. The van der Waals surface area contributed by atoms with Crippen LogP contribution in [0.15, 0.2) is 54.6 Å². The van der Waals surface area contributed by atoms with Gasteiger partial charge in [0.05, 0.1) is 13.7 Å². The van der Waals surface area contributed by atoms with Crippen molar-refractivity contribution in [1.29, 1.82) is 0 Å². The van der Waals surface area contributed by atoms with Crippen LogP contribution in [0.1, 0.15) is 5.69 Å². The van der Waals surface area contributed by atoms with Gasteiger partial charge in [-0.2, -0.15) is 4.98 Å². The van der Waals surface area contributed by atoms with E-state index in [4.69, 9.17) is 9.47 Å². The molecule has 6 nitrogen and oxygen atoms in total. The maximum absolute atomic E-state index is 13.3. The van der Waals surface area contributed by atoms with Crippen molar-refractivity contribution < 1.29 is 13.9 Å². The van der Waals surface area contributed by atoms with Crippen LogP contribution >= 0.6 is 0 Å². The van der Waals surface area contributed by atoms with E-state index in [1.54, 1.807) is 19.2 Å². The summed E-state index contributed by atoms with van der Waals surface area (Å²) in [5.74, 6) is 2.31. The predicted octanol–water partition coefficient (Wildman–Crippen LogP) is 4.17. The molecule has 3 rings (SSSR count). The van der Waals surface area contributed by atoms with Crippen molar-refractivity contribution in [1.82, 2.24) is 9.97 Å². The van der Waals surface area contributed by atoms with Crippen LogP contribution in [0, 0.1) is 12.7 Å². The number of halogens is 1. The van der Waals surface area contributed by atoms with Gasteiger partial charge in [-0.15, -0.1) is 0 Å². The number of nitrogens with one attached hydrogen (secondary N) is 2. The van der Waals surface area contributed by atoms with Crippen LogP contribution in [0.2, 0.25) is 0 Å². The van der Waals surface area contributed by atoms with Gasteiger partial charge in [0.25, 0.3) is 0 Å². The molecule has 1 aromatic heterocycles. The van der Waals surface area contributed by atoms with Crippen molar-refractivity contribution in [2.45, 2.75) is 6.92 Å². The summed E-state index contributed by atoms with van der Waals surface area (Å²) in [4.78, 5) is 8.72. The molecule has 140 valence electrons. The lowest BCUT2D eigenvalue weighted by Crippen LogP contribution is -2.13. The van der Waals surface area contributed by atoms with Gasteiger partial charge in [-0.25, -0.2) is 9.37 Å². The fourth-order valence-corrected chi connectivity index (χ4v) is 2.43. The second kappa shape index (κ2) is 8.84. The summed E-state index contributed by atoms with van der Waals surface area (Å²) in [6.45, 7) is 2.92. The van der Waals surface area contributed by atoms with Crippen LogP contribution in [0.25, 0.3) is 0 Å². The highest BCUT2D eigenvalue weighted by Crippen LogP contribution is 2.18. The van der Waals surface area contributed by atoms with E-state index >= 15 is 0 Å². The molecule has 0 saturated heterocycles. The molecule has 0 amide bonds. The summed E-state index contributed by atoms with van der Waals surface area (Å²) in [5, 5.41) is 6.21. The number of aromatic nitrogens is 2. The van der Waals surface area contributed by atoms with Gasteiger partial charge in [0.15, 0.2) is 0 Å². The number of aryl methyl sites for hydroxylation is 1. The highest BCUT2D eigenvalue weighted by atomic mass is 19.1. The van der Waals surface area contributed by atoms with E-state index in [1.165, 1.54) is 12.1 Å². The summed E-state index contributed by atoms with van der Waals surface area (Å²) >= 11 is 0. The van der Waals surface area contributed by atoms with Crippen molar-refractivity contribution in [2.75, 3.05) is 30.9 Å². The van der Waals surface area contributed by atoms with E-state index in [-0.39, 0.29) is 5.82 Å². The van der Waals surface area contributed by atoms with Gasteiger partial charge in [-0.1, -0.05) is 6.07 Å². The van der Waals surface area contributed by atoms with Crippen LogP contribution in [-0.2, 0) is 0 Å². The average molecular weight is 368 g/mol. The lowest BCUT2D eigenvalue weighted by Gasteiger charge is -2.11. The van der Waals surface area contributed by atoms with Crippen LogP contribution in [0.3, 0.4) is 0 Å². The highest BCUT2D eigenvalue weighted by Gasteiger charge is 2.04. The van der Waals surface area contributed by atoms with Crippen molar-refractivity contribution >= 4 is 17.5 Å². The smallest absolute Gasteiger partial charge is 0.229 e. The Labute approximate surface area is 157 Å². The first-order valence-corrected chi connectivity index (χ1v) is 8.51. The minimum atomic E-state index is -0.318. The van der Waals surface area contributed by atoms with E-state index in [1.807, 2.05) is 37.3 Å². The second-order valence-electron chi connectivity index (χ2n) is 5.80. The van der Waals surface area contributed by atoms with Crippen molar-refractivity contribution in [3.63, 3.8) is 0 Å². The summed E-state index contributed by atoms with van der Waals surface area (Å²) in [6.07, 6.45) is 0. The normalized spacial score (nSPS) is 10.3. The van der Waals surface area contributed by atoms with E-state index < -0.39 is 0 Å². The molecule has 0 saturated carbocycles. The molecule has 1 heterocycles. The molecule has 0 aliphatic rings. The number of nitrogens with zero attached hydrogens (tertiary/aromatic N) is 2. The topological polar surface area (TPSA) is 68.3 Å². The maximum Gasteiger partial charge on any atom is 0.229 e. The largest absolute Gasteiger partial charge is 0.497 e. The summed E-state index contributed by atoms with van der Waals surface area (Å²) < 4.78 is 24.1. The zero-order valence-corrected chi connectivity index (χ0v) is 15.2. The summed E-state index contributed by atoms with van der Waals surface area (Å²) in [7, 11) is 1.63. The van der Waals surface area contributed by atoms with Crippen molar-refractivity contribution in [2.24, 2.45) is 0 Å². The van der Waals surface area contributed by atoms with Crippen LogP contribution < -0.4 is 20.1 Å². The molecule has 7 heteroatoms. The maximum atomic E-state index is 13.3. The number of rotatable bonds is 8. The molecule has 0 aliphatic carbocycles. The van der Waals surface area contributed by atoms with Crippen LogP contribution in [0.4, 0.5) is 21.8 Å². The molecule has 0 radical (unpaired) electrons. The fraction of sp³-hybridized carbons (Fsp3) is 0.200. The molecule has 0 spiro atoms. The van der Waals surface area contributed by atoms with Crippen molar-refractivity contribution in [3.05, 3.63) is 66.1 Å². The zero-order chi connectivity index (χ0) is 19.1. The molecule has 0 unspecified atom stereocenters. The number of hydrogen-bond donors (Lipinski definition) is 2. The van der Waals surface area contributed by atoms with E-state index in [0.29, 0.717) is 30.6 Å². The molecule has 0 fully saturated rings. The SMILES string of the molecule is COc1ccc(OCCNc2cc(C)nc(Nc3cccc(F)c3)n2)cc1. The standard InChI is InChI=1S/C20H21FN4O2/c1-14-12-19(22-10-11-27-18-8-6-17(26-2)7-9-18)25-20(23-14)24-16-5-3-4-15(21)13-16/h3-9,12-13H,10-11H2,1-2H3,(H2,22,23,24,25). The van der Waals surface area contributed by atoms with E-state index in [0.717, 1.165) is 17.2 Å². The molecular formula is C20H21FN4O2. The van der Waals surface area contributed by atoms with Gasteiger partial charge in [0.1, 0.15) is 29.7 Å². The number of benzene rings is 2. The Morgan fingerprint density at radius 1 is 1.00 bits per heavy atom. The van der Waals surface area contributed by atoms with Gasteiger partial charge < -0.3 is 20.1 Å². The molecular weight excluding hydrogens is 347 g/mol. The van der Waals surface area contributed by atoms with Gasteiger partial charge >= 0.3 is 0 Å². The van der Waals surface area contributed by atoms with Gasteiger partial charge in [-0.3, -0.25) is 0 Å². The number of methoxy groups -OCH3 is 1. The van der Waals surface area contributed by atoms with Crippen LogP contribution in [-0.4, -0.2) is 30.2 Å². The quantitative estimate of drug-likeness (QED) is 0.582. The number of ether oxygens (including phenoxy) is 2. The number of hydrogen-bond acceptors (Lipinski definition) is 6. The zero-order valence-electron chi connectivity index (χ0n) is 15.2. The number of anilines is 3. The molecule has 0 atom stereocenters. The molecule has 27 heavy (non-hydrogen) atoms. The minimum absolute atomic E-state index is 0.318. The Hall–Kier alpha value is -3.35. The average Bonchev–Trinajstić information content (AvgIpc) is 2.65. The first-order chi connectivity index (χ1) is 13.1. The van der Waals surface area contributed by atoms with Gasteiger partial charge in [0.2, 0.25) is 5.95 Å². The molecule has 2 N–H and O–H groups in total.